The van der Waals surface area contributed by atoms with Gasteiger partial charge in [0.2, 0.25) is 5.91 Å². The monoisotopic (exact) mass is 454 g/mol. The molecule has 2 aliphatic heterocycles. The zero-order valence-electron chi connectivity index (χ0n) is 20.3. The Kier molecular flexibility index (Phi) is 7.07. The fraction of sp³-hybridized carbons (Fsp3) is 0.654. The van der Waals surface area contributed by atoms with Crippen LogP contribution in [-0.2, 0) is 16.1 Å². The number of nitrogens with zero attached hydrogens (tertiary/aromatic N) is 3. The van der Waals surface area contributed by atoms with Crippen LogP contribution in [-0.4, -0.2) is 70.8 Å². The number of urea groups is 1. The molecule has 3 fully saturated rings. The molecule has 1 N–H and O–H groups in total. The number of hydrogen-bond donors (Lipinski definition) is 1. The molecule has 1 saturated carbocycles. The molecular weight excluding hydrogens is 416 g/mol. The van der Waals surface area contributed by atoms with Crippen molar-refractivity contribution in [1.29, 1.82) is 0 Å². The molecular formula is C26H38N4O3. The zero-order valence-corrected chi connectivity index (χ0v) is 20.3. The van der Waals surface area contributed by atoms with Gasteiger partial charge >= 0.3 is 6.03 Å². The number of amides is 4. The lowest BCUT2D eigenvalue weighted by atomic mass is 9.75. The number of carbonyl (C=O) groups excluding carboxylic acids is 3. The van der Waals surface area contributed by atoms with Gasteiger partial charge in [-0.25, -0.2) is 4.79 Å². The summed E-state index contributed by atoms with van der Waals surface area (Å²) in [4.78, 5) is 43.9. The van der Waals surface area contributed by atoms with Crippen LogP contribution < -0.4 is 5.32 Å². The normalized spacial score (nSPS) is 26.4. The fourth-order valence-corrected chi connectivity index (χ4v) is 5.39. The first-order valence-corrected chi connectivity index (χ1v) is 12.5. The number of benzene rings is 1. The minimum atomic E-state index is -0.785. The van der Waals surface area contributed by atoms with Gasteiger partial charge in [-0.3, -0.25) is 19.4 Å². The molecule has 180 valence electrons. The Morgan fingerprint density at radius 1 is 1.06 bits per heavy atom. The van der Waals surface area contributed by atoms with Crippen LogP contribution in [0.4, 0.5) is 4.79 Å². The molecule has 0 bridgehead atoms. The van der Waals surface area contributed by atoms with Gasteiger partial charge in [0.15, 0.2) is 0 Å². The maximum Gasteiger partial charge on any atom is 0.325 e. The van der Waals surface area contributed by atoms with E-state index in [4.69, 9.17) is 0 Å². The average Bonchev–Trinajstić information content (AvgIpc) is 3.04. The molecule has 1 spiro atoms. The SMILES string of the molecule is CCC1CCC2(CC1)NC(=O)N(CC(=O)N1CCN(Cc3ccc(C(C)C)cc3)CC1)C2=O. The van der Waals surface area contributed by atoms with E-state index in [-0.39, 0.29) is 18.4 Å². The third-order valence-corrected chi connectivity index (χ3v) is 7.85. The average molecular weight is 455 g/mol. The molecule has 2 saturated heterocycles. The van der Waals surface area contributed by atoms with Gasteiger partial charge in [0.05, 0.1) is 0 Å². The molecule has 0 radical (unpaired) electrons. The summed E-state index contributed by atoms with van der Waals surface area (Å²) in [7, 11) is 0. The van der Waals surface area contributed by atoms with Crippen LogP contribution in [0.25, 0.3) is 0 Å². The van der Waals surface area contributed by atoms with Crippen molar-refractivity contribution in [3.05, 3.63) is 35.4 Å². The van der Waals surface area contributed by atoms with Gasteiger partial charge in [-0.15, -0.1) is 0 Å². The van der Waals surface area contributed by atoms with Crippen LogP contribution in [0.3, 0.4) is 0 Å². The van der Waals surface area contributed by atoms with Crippen LogP contribution in [0.5, 0.6) is 0 Å². The Morgan fingerprint density at radius 2 is 1.70 bits per heavy atom. The highest BCUT2D eigenvalue weighted by Crippen LogP contribution is 2.37. The second kappa shape index (κ2) is 9.84. The van der Waals surface area contributed by atoms with Gasteiger partial charge in [-0.2, -0.15) is 0 Å². The van der Waals surface area contributed by atoms with Crippen LogP contribution in [0, 0.1) is 5.92 Å². The van der Waals surface area contributed by atoms with Gasteiger partial charge < -0.3 is 10.2 Å². The van der Waals surface area contributed by atoms with Crippen molar-refractivity contribution < 1.29 is 14.4 Å². The number of carbonyl (C=O) groups is 3. The number of rotatable bonds is 6. The van der Waals surface area contributed by atoms with E-state index >= 15 is 0 Å². The summed E-state index contributed by atoms with van der Waals surface area (Å²) >= 11 is 0. The highest BCUT2D eigenvalue weighted by molar-refractivity contribution is 6.09. The smallest absolute Gasteiger partial charge is 0.325 e. The van der Waals surface area contributed by atoms with E-state index in [1.807, 2.05) is 0 Å². The molecule has 33 heavy (non-hydrogen) atoms. The van der Waals surface area contributed by atoms with E-state index in [9.17, 15) is 14.4 Å². The molecule has 1 aliphatic carbocycles. The molecule has 1 aromatic carbocycles. The molecule has 0 unspecified atom stereocenters. The highest BCUT2D eigenvalue weighted by Gasteiger charge is 2.52. The van der Waals surface area contributed by atoms with Crippen molar-refractivity contribution in [1.82, 2.24) is 20.0 Å². The summed E-state index contributed by atoms with van der Waals surface area (Å²) in [5, 5.41) is 2.93. The van der Waals surface area contributed by atoms with Crippen molar-refractivity contribution in [3.8, 4) is 0 Å². The summed E-state index contributed by atoms with van der Waals surface area (Å²) in [6, 6.07) is 8.35. The van der Waals surface area contributed by atoms with E-state index in [1.165, 1.54) is 11.1 Å². The zero-order chi connectivity index (χ0) is 23.6. The topological polar surface area (TPSA) is 73.0 Å². The third kappa shape index (κ3) is 5.08. The molecule has 0 aromatic heterocycles. The van der Waals surface area contributed by atoms with E-state index in [0.717, 1.165) is 43.8 Å². The number of imide groups is 1. The Hall–Kier alpha value is -2.41. The Morgan fingerprint density at radius 3 is 2.27 bits per heavy atom. The standard InChI is InChI=1S/C26H38N4O3/c1-4-20-9-11-26(12-10-20)24(32)30(25(33)27-26)18-23(31)29-15-13-28(14-16-29)17-21-5-7-22(8-6-21)19(2)3/h5-8,19-20H,4,9-18H2,1-3H3,(H,27,33). The summed E-state index contributed by atoms with van der Waals surface area (Å²) in [5.41, 5.74) is 1.84. The predicted molar refractivity (Wildman–Crippen MR) is 128 cm³/mol. The predicted octanol–water partition coefficient (Wildman–Crippen LogP) is 3.35. The van der Waals surface area contributed by atoms with Crippen LogP contribution in [0.15, 0.2) is 24.3 Å². The van der Waals surface area contributed by atoms with Crippen molar-refractivity contribution in [3.63, 3.8) is 0 Å². The molecule has 7 nitrogen and oxygen atoms in total. The Balaban J connectivity index is 1.27. The summed E-state index contributed by atoms with van der Waals surface area (Å²) in [6.45, 7) is 10.1. The molecule has 0 atom stereocenters. The summed E-state index contributed by atoms with van der Waals surface area (Å²) < 4.78 is 0. The number of piperazine rings is 1. The van der Waals surface area contributed by atoms with Gasteiger partial charge in [0, 0.05) is 32.7 Å². The van der Waals surface area contributed by atoms with Gasteiger partial charge in [-0.05, 0) is 48.6 Å². The van der Waals surface area contributed by atoms with E-state index in [0.29, 0.717) is 37.8 Å². The minimum Gasteiger partial charge on any atom is -0.339 e. The van der Waals surface area contributed by atoms with Gasteiger partial charge in [-0.1, -0.05) is 51.5 Å². The lowest BCUT2D eigenvalue weighted by Gasteiger charge is -2.36. The van der Waals surface area contributed by atoms with Crippen molar-refractivity contribution in [2.24, 2.45) is 5.92 Å². The molecule has 4 amide bonds. The third-order valence-electron chi connectivity index (χ3n) is 7.85. The van der Waals surface area contributed by atoms with Crippen molar-refractivity contribution in [2.45, 2.75) is 70.9 Å². The lowest BCUT2D eigenvalue weighted by Crippen LogP contribution is -2.52. The number of nitrogens with one attached hydrogen (secondary N) is 1. The second-order valence-corrected chi connectivity index (χ2v) is 10.3. The first kappa shape index (κ1) is 23.7. The molecule has 4 rings (SSSR count). The first-order valence-electron chi connectivity index (χ1n) is 12.5. The van der Waals surface area contributed by atoms with Crippen molar-refractivity contribution in [2.75, 3.05) is 32.7 Å². The van der Waals surface area contributed by atoms with E-state index in [2.05, 4.69) is 55.3 Å². The minimum absolute atomic E-state index is 0.140. The van der Waals surface area contributed by atoms with Crippen LogP contribution >= 0.6 is 0 Å². The molecule has 3 aliphatic rings. The quantitative estimate of drug-likeness (QED) is 0.669. The highest BCUT2D eigenvalue weighted by atomic mass is 16.2. The Labute approximate surface area is 197 Å². The second-order valence-electron chi connectivity index (χ2n) is 10.3. The summed E-state index contributed by atoms with van der Waals surface area (Å²) in [5.74, 6) is 0.803. The maximum atomic E-state index is 13.1. The fourth-order valence-electron chi connectivity index (χ4n) is 5.39. The molecule has 7 heteroatoms. The van der Waals surface area contributed by atoms with Gasteiger partial charge in [0.1, 0.15) is 12.1 Å². The van der Waals surface area contributed by atoms with Crippen molar-refractivity contribution >= 4 is 17.8 Å². The van der Waals surface area contributed by atoms with E-state index < -0.39 is 11.6 Å². The molecule has 1 aromatic rings. The largest absolute Gasteiger partial charge is 0.339 e. The number of hydrogen-bond acceptors (Lipinski definition) is 4. The van der Waals surface area contributed by atoms with Crippen LogP contribution in [0.2, 0.25) is 0 Å². The van der Waals surface area contributed by atoms with E-state index in [1.54, 1.807) is 4.90 Å². The summed E-state index contributed by atoms with van der Waals surface area (Å²) in [6.07, 6.45) is 4.36. The van der Waals surface area contributed by atoms with Crippen LogP contribution in [0.1, 0.15) is 69.9 Å². The maximum absolute atomic E-state index is 13.1. The molecule has 2 heterocycles. The Bertz CT molecular complexity index is 866. The lowest BCUT2D eigenvalue weighted by molar-refractivity contribution is -0.140. The first-order chi connectivity index (χ1) is 15.8. The van der Waals surface area contributed by atoms with Gasteiger partial charge in [0.25, 0.3) is 5.91 Å².